The molecule has 0 saturated heterocycles. The van der Waals surface area contributed by atoms with Crippen LogP contribution >= 0.6 is 11.8 Å². The molecule has 0 radical (unpaired) electrons. The highest BCUT2D eigenvalue weighted by Crippen LogP contribution is 2.25. The highest BCUT2D eigenvalue weighted by Gasteiger charge is 2.19. The Morgan fingerprint density at radius 1 is 1.00 bits per heavy atom. The van der Waals surface area contributed by atoms with E-state index in [1.807, 2.05) is 68.4 Å². The van der Waals surface area contributed by atoms with Crippen LogP contribution in [0.1, 0.15) is 24.5 Å². The second kappa shape index (κ2) is 10.00. The lowest BCUT2D eigenvalue weighted by molar-refractivity contribution is -0.122. The number of rotatable bonds is 8. The van der Waals surface area contributed by atoms with E-state index in [0.717, 1.165) is 17.0 Å². The van der Waals surface area contributed by atoms with Gasteiger partial charge in [0.2, 0.25) is 0 Å². The summed E-state index contributed by atoms with van der Waals surface area (Å²) in [5.41, 5.74) is 3.11. The molecule has 0 aliphatic carbocycles. The first-order valence-electron chi connectivity index (χ1n) is 9.45. The van der Waals surface area contributed by atoms with Crippen LogP contribution in [0.5, 0.6) is 5.75 Å². The normalized spacial score (nSPS) is 11.6. The Hall–Kier alpha value is -2.72. The maximum absolute atomic E-state index is 12.7. The summed E-state index contributed by atoms with van der Waals surface area (Å²) in [7, 11) is 0. The van der Waals surface area contributed by atoms with E-state index in [1.165, 1.54) is 10.5 Å². The molecule has 144 valence electrons. The molecule has 0 aliphatic rings. The molecule has 1 N–H and O–H groups in total. The van der Waals surface area contributed by atoms with E-state index in [0.29, 0.717) is 12.2 Å². The van der Waals surface area contributed by atoms with Gasteiger partial charge >= 0.3 is 0 Å². The van der Waals surface area contributed by atoms with Crippen molar-refractivity contribution in [1.29, 1.82) is 0 Å². The number of benzene rings is 3. The van der Waals surface area contributed by atoms with Gasteiger partial charge in [-0.1, -0.05) is 55.5 Å². The van der Waals surface area contributed by atoms with Crippen molar-refractivity contribution in [3.63, 3.8) is 0 Å². The van der Waals surface area contributed by atoms with Crippen molar-refractivity contribution >= 4 is 23.4 Å². The average molecular weight is 392 g/mol. The number of amides is 1. The summed E-state index contributed by atoms with van der Waals surface area (Å²) in [6, 6.07) is 26.0. The standard InChI is InChI=1S/C24H25NO2S/c1-3-23(27-20-10-6-4-7-11-20)24(26)25-22-15-14-19(16-18(22)2)17-28-21-12-8-5-9-13-21/h4-16,23H,3,17H2,1-2H3,(H,25,26)/t23-/m0/s1. The van der Waals surface area contributed by atoms with Gasteiger partial charge in [-0.25, -0.2) is 0 Å². The summed E-state index contributed by atoms with van der Waals surface area (Å²) in [6.45, 7) is 3.97. The Kier molecular flexibility index (Phi) is 7.15. The number of ether oxygens (including phenoxy) is 1. The second-order valence-corrected chi connectivity index (χ2v) is 7.62. The van der Waals surface area contributed by atoms with Crippen molar-refractivity contribution in [1.82, 2.24) is 0 Å². The molecule has 0 spiro atoms. The molecule has 0 fully saturated rings. The first kappa shape index (κ1) is 20.0. The van der Waals surface area contributed by atoms with Gasteiger partial charge in [0.05, 0.1) is 0 Å². The number of carbonyl (C=O) groups excluding carboxylic acids is 1. The summed E-state index contributed by atoms with van der Waals surface area (Å²) < 4.78 is 5.83. The number of carbonyl (C=O) groups is 1. The van der Waals surface area contributed by atoms with E-state index in [4.69, 9.17) is 4.74 Å². The smallest absolute Gasteiger partial charge is 0.265 e. The van der Waals surface area contributed by atoms with Gasteiger partial charge in [0.1, 0.15) is 5.75 Å². The van der Waals surface area contributed by atoms with Gasteiger partial charge in [0.25, 0.3) is 5.91 Å². The number of thioether (sulfide) groups is 1. The lowest BCUT2D eigenvalue weighted by Gasteiger charge is -2.18. The predicted molar refractivity (Wildman–Crippen MR) is 117 cm³/mol. The number of hydrogen-bond acceptors (Lipinski definition) is 3. The third-order valence-corrected chi connectivity index (χ3v) is 5.47. The third-order valence-electron chi connectivity index (χ3n) is 4.38. The quantitative estimate of drug-likeness (QED) is 0.473. The van der Waals surface area contributed by atoms with E-state index in [2.05, 4.69) is 29.6 Å². The SMILES string of the molecule is CC[C@H](Oc1ccccc1)C(=O)Nc1ccc(CSc2ccccc2)cc1C. The summed E-state index contributed by atoms with van der Waals surface area (Å²) in [4.78, 5) is 13.9. The van der Waals surface area contributed by atoms with Crippen molar-refractivity contribution in [3.8, 4) is 5.75 Å². The molecule has 3 aromatic rings. The number of para-hydroxylation sites is 1. The van der Waals surface area contributed by atoms with E-state index in [9.17, 15) is 4.79 Å². The lowest BCUT2D eigenvalue weighted by atomic mass is 10.1. The minimum Gasteiger partial charge on any atom is -0.481 e. The van der Waals surface area contributed by atoms with Gasteiger partial charge in [0, 0.05) is 16.3 Å². The molecule has 3 aromatic carbocycles. The van der Waals surface area contributed by atoms with Crippen LogP contribution in [-0.2, 0) is 10.5 Å². The Bertz CT molecular complexity index is 897. The maximum atomic E-state index is 12.7. The predicted octanol–water partition coefficient (Wildman–Crippen LogP) is 6.08. The molecular weight excluding hydrogens is 366 g/mol. The maximum Gasteiger partial charge on any atom is 0.265 e. The summed E-state index contributed by atoms with van der Waals surface area (Å²) in [5.74, 6) is 1.48. The molecule has 1 amide bonds. The van der Waals surface area contributed by atoms with Crippen LogP contribution in [0, 0.1) is 6.92 Å². The van der Waals surface area contributed by atoms with Gasteiger partial charge < -0.3 is 10.1 Å². The van der Waals surface area contributed by atoms with Crippen molar-refractivity contribution in [2.45, 2.75) is 37.0 Å². The molecule has 0 heterocycles. The van der Waals surface area contributed by atoms with Gasteiger partial charge in [-0.3, -0.25) is 4.79 Å². The summed E-state index contributed by atoms with van der Waals surface area (Å²) in [5, 5.41) is 3.01. The number of hydrogen-bond donors (Lipinski definition) is 1. The van der Waals surface area contributed by atoms with Crippen LogP contribution in [0.15, 0.2) is 83.8 Å². The minimum atomic E-state index is -0.518. The van der Waals surface area contributed by atoms with Crippen molar-refractivity contribution in [2.75, 3.05) is 5.32 Å². The second-order valence-electron chi connectivity index (χ2n) is 6.57. The molecule has 28 heavy (non-hydrogen) atoms. The highest BCUT2D eigenvalue weighted by molar-refractivity contribution is 7.98. The van der Waals surface area contributed by atoms with E-state index in [1.54, 1.807) is 11.8 Å². The number of anilines is 1. The third kappa shape index (κ3) is 5.64. The average Bonchev–Trinajstić information content (AvgIpc) is 2.73. The van der Waals surface area contributed by atoms with Gasteiger partial charge in [-0.05, 0) is 54.8 Å². The van der Waals surface area contributed by atoms with Gasteiger partial charge in [-0.2, -0.15) is 0 Å². The van der Waals surface area contributed by atoms with Crippen LogP contribution in [-0.4, -0.2) is 12.0 Å². The zero-order valence-corrected chi connectivity index (χ0v) is 17.0. The van der Waals surface area contributed by atoms with Crippen molar-refractivity contribution in [2.24, 2.45) is 0 Å². The highest BCUT2D eigenvalue weighted by atomic mass is 32.2. The molecular formula is C24H25NO2S. The molecule has 1 atom stereocenters. The van der Waals surface area contributed by atoms with Crippen LogP contribution < -0.4 is 10.1 Å². The fourth-order valence-corrected chi connectivity index (χ4v) is 3.70. The van der Waals surface area contributed by atoms with Crippen LogP contribution in [0.2, 0.25) is 0 Å². The van der Waals surface area contributed by atoms with Crippen LogP contribution in [0.25, 0.3) is 0 Å². The first-order valence-corrected chi connectivity index (χ1v) is 10.4. The van der Waals surface area contributed by atoms with Crippen molar-refractivity contribution in [3.05, 3.63) is 90.0 Å². The van der Waals surface area contributed by atoms with E-state index >= 15 is 0 Å². The molecule has 0 saturated carbocycles. The zero-order valence-electron chi connectivity index (χ0n) is 16.2. The van der Waals surface area contributed by atoms with Crippen molar-refractivity contribution < 1.29 is 9.53 Å². The molecule has 0 aliphatic heterocycles. The molecule has 0 bridgehead atoms. The molecule has 3 nitrogen and oxygen atoms in total. The van der Waals surface area contributed by atoms with Crippen LogP contribution in [0.4, 0.5) is 5.69 Å². The Morgan fingerprint density at radius 2 is 1.68 bits per heavy atom. The number of nitrogens with one attached hydrogen (secondary N) is 1. The molecule has 4 heteroatoms. The Balaban J connectivity index is 1.60. The zero-order chi connectivity index (χ0) is 19.8. The molecule has 3 rings (SSSR count). The summed E-state index contributed by atoms with van der Waals surface area (Å²) >= 11 is 1.80. The fraction of sp³-hybridized carbons (Fsp3) is 0.208. The van der Waals surface area contributed by atoms with E-state index < -0.39 is 6.10 Å². The van der Waals surface area contributed by atoms with Gasteiger partial charge in [-0.15, -0.1) is 11.8 Å². The monoisotopic (exact) mass is 391 g/mol. The van der Waals surface area contributed by atoms with Gasteiger partial charge in [0.15, 0.2) is 6.10 Å². The minimum absolute atomic E-state index is 0.124. The topological polar surface area (TPSA) is 38.3 Å². The summed E-state index contributed by atoms with van der Waals surface area (Å²) in [6.07, 6.45) is 0.0843. The Morgan fingerprint density at radius 3 is 2.32 bits per heavy atom. The molecule has 0 aromatic heterocycles. The van der Waals surface area contributed by atoms with E-state index in [-0.39, 0.29) is 5.91 Å². The molecule has 0 unspecified atom stereocenters. The fourth-order valence-electron chi connectivity index (χ4n) is 2.84. The largest absolute Gasteiger partial charge is 0.481 e. The Labute approximate surface area is 171 Å². The first-order chi connectivity index (χ1) is 13.7. The lowest BCUT2D eigenvalue weighted by Crippen LogP contribution is -2.32. The number of aryl methyl sites for hydroxylation is 1. The van der Waals surface area contributed by atoms with Crippen LogP contribution in [0.3, 0.4) is 0 Å².